The van der Waals surface area contributed by atoms with E-state index in [1.807, 2.05) is 18.6 Å². The van der Waals surface area contributed by atoms with E-state index in [0.717, 1.165) is 19.6 Å². The minimum Gasteiger partial charge on any atom is -0.331 e. The van der Waals surface area contributed by atoms with Gasteiger partial charge in [-0.2, -0.15) is 0 Å². The standard InChI is InChI=1S/C11H17N3/c1-2-7-14-9-13-8-11(14)10-3-5-12-6-4-10/h2,8-10,12H,1,3-7H2. The van der Waals surface area contributed by atoms with Crippen molar-refractivity contribution in [2.24, 2.45) is 0 Å². The molecule has 1 aromatic rings. The van der Waals surface area contributed by atoms with E-state index >= 15 is 0 Å². The molecule has 0 radical (unpaired) electrons. The maximum Gasteiger partial charge on any atom is 0.0951 e. The molecule has 1 fully saturated rings. The lowest BCUT2D eigenvalue weighted by atomic mass is 9.95. The van der Waals surface area contributed by atoms with Crippen LogP contribution in [0.15, 0.2) is 25.2 Å². The van der Waals surface area contributed by atoms with E-state index in [1.54, 1.807) is 0 Å². The molecule has 1 saturated heterocycles. The lowest BCUT2D eigenvalue weighted by molar-refractivity contribution is 0.443. The molecule has 0 spiro atoms. The molecule has 14 heavy (non-hydrogen) atoms. The summed E-state index contributed by atoms with van der Waals surface area (Å²) >= 11 is 0. The van der Waals surface area contributed by atoms with Crippen LogP contribution in [0.2, 0.25) is 0 Å². The Hall–Kier alpha value is -1.09. The normalized spacial score (nSPS) is 18.3. The minimum atomic E-state index is 0.679. The van der Waals surface area contributed by atoms with E-state index in [1.165, 1.54) is 18.5 Å². The molecular formula is C11H17N3. The third-order valence-electron chi connectivity index (χ3n) is 2.83. The molecule has 0 atom stereocenters. The van der Waals surface area contributed by atoms with E-state index < -0.39 is 0 Å². The van der Waals surface area contributed by atoms with Crippen LogP contribution in [0.5, 0.6) is 0 Å². The van der Waals surface area contributed by atoms with Crippen molar-refractivity contribution in [1.82, 2.24) is 14.9 Å². The SMILES string of the molecule is C=CCn1cncc1C1CCNCC1. The highest BCUT2D eigenvalue weighted by molar-refractivity contribution is 5.08. The van der Waals surface area contributed by atoms with Gasteiger partial charge in [-0.05, 0) is 25.9 Å². The average Bonchev–Trinajstić information content (AvgIpc) is 2.68. The van der Waals surface area contributed by atoms with Crippen LogP contribution in [0.1, 0.15) is 24.5 Å². The molecule has 0 saturated carbocycles. The number of nitrogens with zero attached hydrogens (tertiary/aromatic N) is 2. The van der Waals surface area contributed by atoms with Gasteiger partial charge in [-0.3, -0.25) is 0 Å². The Kier molecular flexibility index (Phi) is 2.99. The zero-order valence-corrected chi connectivity index (χ0v) is 8.45. The highest BCUT2D eigenvalue weighted by Crippen LogP contribution is 2.24. The summed E-state index contributed by atoms with van der Waals surface area (Å²) in [5, 5.41) is 3.38. The molecule has 0 unspecified atom stereocenters. The monoisotopic (exact) mass is 191 g/mol. The fraction of sp³-hybridized carbons (Fsp3) is 0.545. The Morgan fingerprint density at radius 3 is 3.07 bits per heavy atom. The Labute approximate surface area is 84.8 Å². The van der Waals surface area contributed by atoms with Crippen LogP contribution in [-0.2, 0) is 6.54 Å². The first kappa shape index (κ1) is 9.46. The van der Waals surface area contributed by atoms with Gasteiger partial charge in [0.1, 0.15) is 0 Å². The van der Waals surface area contributed by atoms with Gasteiger partial charge in [0, 0.05) is 24.4 Å². The van der Waals surface area contributed by atoms with Crippen molar-refractivity contribution in [3.05, 3.63) is 30.9 Å². The largest absolute Gasteiger partial charge is 0.331 e. The third-order valence-corrected chi connectivity index (χ3v) is 2.83. The van der Waals surface area contributed by atoms with Crippen molar-refractivity contribution in [1.29, 1.82) is 0 Å². The fourth-order valence-electron chi connectivity index (χ4n) is 2.08. The van der Waals surface area contributed by atoms with E-state index in [-0.39, 0.29) is 0 Å². The molecule has 2 rings (SSSR count). The second-order valence-corrected chi connectivity index (χ2v) is 3.78. The summed E-state index contributed by atoms with van der Waals surface area (Å²) in [4.78, 5) is 4.21. The van der Waals surface area contributed by atoms with Crippen molar-refractivity contribution in [3.8, 4) is 0 Å². The van der Waals surface area contributed by atoms with Gasteiger partial charge in [0.05, 0.1) is 6.33 Å². The van der Waals surface area contributed by atoms with Gasteiger partial charge < -0.3 is 9.88 Å². The van der Waals surface area contributed by atoms with E-state index in [2.05, 4.69) is 21.4 Å². The van der Waals surface area contributed by atoms with Crippen LogP contribution in [0.4, 0.5) is 0 Å². The molecule has 0 aromatic carbocycles. The smallest absolute Gasteiger partial charge is 0.0951 e. The molecule has 76 valence electrons. The first-order valence-corrected chi connectivity index (χ1v) is 5.23. The van der Waals surface area contributed by atoms with Crippen LogP contribution in [-0.4, -0.2) is 22.6 Å². The molecule has 3 nitrogen and oxygen atoms in total. The van der Waals surface area contributed by atoms with Crippen molar-refractivity contribution >= 4 is 0 Å². The zero-order valence-electron chi connectivity index (χ0n) is 8.45. The van der Waals surface area contributed by atoms with Gasteiger partial charge in [-0.15, -0.1) is 6.58 Å². The summed E-state index contributed by atoms with van der Waals surface area (Å²) in [5.41, 5.74) is 1.37. The highest BCUT2D eigenvalue weighted by atomic mass is 15.0. The number of allylic oxidation sites excluding steroid dienone is 1. The van der Waals surface area contributed by atoms with Crippen LogP contribution in [0.3, 0.4) is 0 Å². The number of piperidine rings is 1. The maximum atomic E-state index is 4.21. The average molecular weight is 191 g/mol. The quantitative estimate of drug-likeness (QED) is 0.734. The van der Waals surface area contributed by atoms with Gasteiger partial charge in [0.15, 0.2) is 0 Å². The molecule has 1 aliphatic rings. The zero-order chi connectivity index (χ0) is 9.80. The van der Waals surface area contributed by atoms with Crippen molar-refractivity contribution in [3.63, 3.8) is 0 Å². The molecule has 0 aliphatic carbocycles. The number of nitrogens with one attached hydrogen (secondary N) is 1. The van der Waals surface area contributed by atoms with E-state index in [0.29, 0.717) is 5.92 Å². The van der Waals surface area contributed by atoms with Crippen LogP contribution >= 0.6 is 0 Å². The summed E-state index contributed by atoms with van der Waals surface area (Å²) in [6, 6.07) is 0. The first-order chi connectivity index (χ1) is 6.92. The Balaban J connectivity index is 2.12. The summed E-state index contributed by atoms with van der Waals surface area (Å²) < 4.78 is 2.20. The molecule has 2 heterocycles. The predicted molar refractivity (Wildman–Crippen MR) is 57.3 cm³/mol. The molecule has 1 aliphatic heterocycles. The Morgan fingerprint density at radius 2 is 2.36 bits per heavy atom. The summed E-state index contributed by atoms with van der Waals surface area (Å²) in [7, 11) is 0. The number of hydrogen-bond acceptors (Lipinski definition) is 2. The predicted octanol–water partition coefficient (Wildman–Crippen LogP) is 1.54. The van der Waals surface area contributed by atoms with Gasteiger partial charge in [0.25, 0.3) is 0 Å². The van der Waals surface area contributed by atoms with Gasteiger partial charge >= 0.3 is 0 Å². The second-order valence-electron chi connectivity index (χ2n) is 3.78. The number of aromatic nitrogens is 2. The summed E-state index contributed by atoms with van der Waals surface area (Å²) in [6.45, 7) is 6.89. The van der Waals surface area contributed by atoms with Crippen LogP contribution in [0, 0.1) is 0 Å². The number of hydrogen-bond donors (Lipinski definition) is 1. The number of rotatable bonds is 3. The van der Waals surface area contributed by atoms with Crippen molar-refractivity contribution in [2.75, 3.05) is 13.1 Å². The summed E-state index contributed by atoms with van der Waals surface area (Å²) in [5.74, 6) is 0.679. The molecule has 1 aromatic heterocycles. The lowest BCUT2D eigenvalue weighted by Gasteiger charge is -2.23. The Morgan fingerprint density at radius 1 is 1.57 bits per heavy atom. The highest BCUT2D eigenvalue weighted by Gasteiger charge is 2.17. The van der Waals surface area contributed by atoms with Crippen molar-refractivity contribution < 1.29 is 0 Å². The van der Waals surface area contributed by atoms with Gasteiger partial charge in [0.2, 0.25) is 0 Å². The lowest BCUT2D eigenvalue weighted by Crippen LogP contribution is -2.27. The molecule has 1 N–H and O–H groups in total. The molecular weight excluding hydrogens is 174 g/mol. The fourth-order valence-corrected chi connectivity index (χ4v) is 2.08. The molecule has 3 heteroatoms. The number of imidazole rings is 1. The van der Waals surface area contributed by atoms with E-state index in [4.69, 9.17) is 0 Å². The van der Waals surface area contributed by atoms with Crippen molar-refractivity contribution in [2.45, 2.75) is 25.3 Å². The maximum absolute atomic E-state index is 4.21. The minimum absolute atomic E-state index is 0.679. The first-order valence-electron chi connectivity index (χ1n) is 5.23. The molecule has 0 amide bonds. The Bertz CT molecular complexity index is 297. The van der Waals surface area contributed by atoms with Crippen LogP contribution < -0.4 is 5.32 Å². The third kappa shape index (κ3) is 1.87. The van der Waals surface area contributed by atoms with Crippen LogP contribution in [0.25, 0.3) is 0 Å². The molecule has 0 bridgehead atoms. The second kappa shape index (κ2) is 4.42. The van der Waals surface area contributed by atoms with E-state index in [9.17, 15) is 0 Å². The summed E-state index contributed by atoms with van der Waals surface area (Å²) in [6.07, 6.45) is 8.27. The topological polar surface area (TPSA) is 29.9 Å². The van der Waals surface area contributed by atoms with Gasteiger partial charge in [-0.1, -0.05) is 6.08 Å². The van der Waals surface area contributed by atoms with Gasteiger partial charge in [-0.25, -0.2) is 4.98 Å².